The van der Waals surface area contributed by atoms with Gasteiger partial charge < -0.3 is 9.73 Å². The van der Waals surface area contributed by atoms with Gasteiger partial charge in [0, 0.05) is 5.75 Å². The van der Waals surface area contributed by atoms with E-state index in [4.69, 9.17) is 4.42 Å². The fourth-order valence-electron chi connectivity index (χ4n) is 1.26. The van der Waals surface area contributed by atoms with Crippen LogP contribution in [0.3, 0.4) is 0 Å². The summed E-state index contributed by atoms with van der Waals surface area (Å²) in [5.41, 5.74) is 0. The first-order valence-electron chi connectivity index (χ1n) is 4.28. The van der Waals surface area contributed by atoms with Crippen molar-refractivity contribution in [1.29, 1.82) is 0 Å². The number of hydrogen-bond acceptors (Lipinski definition) is 4. The van der Waals surface area contributed by atoms with Crippen LogP contribution >= 0.6 is 11.8 Å². The molecule has 1 atom stereocenters. The van der Waals surface area contributed by atoms with Gasteiger partial charge in [0.2, 0.25) is 5.12 Å². The highest BCUT2D eigenvalue weighted by atomic mass is 32.2. The normalized spacial score (nSPS) is 21.1. The van der Waals surface area contributed by atoms with Crippen LogP contribution in [0.25, 0.3) is 0 Å². The van der Waals surface area contributed by atoms with Crippen LogP contribution in [-0.4, -0.2) is 22.8 Å². The summed E-state index contributed by atoms with van der Waals surface area (Å²) in [5, 5.41) is 2.66. The number of carbonyl (C=O) groups excluding carboxylic acids is 2. The number of amides is 1. The van der Waals surface area contributed by atoms with Crippen LogP contribution in [-0.2, 0) is 4.79 Å². The first-order chi connectivity index (χ1) is 6.77. The quantitative estimate of drug-likeness (QED) is 0.794. The molecular formula is C9H9NO3S. The lowest BCUT2D eigenvalue weighted by Gasteiger charge is -2.07. The largest absolute Gasteiger partial charge is 0.459 e. The van der Waals surface area contributed by atoms with Gasteiger partial charge in [-0.3, -0.25) is 9.59 Å². The average molecular weight is 211 g/mol. The van der Waals surface area contributed by atoms with Crippen LogP contribution in [0.4, 0.5) is 0 Å². The Labute approximate surface area is 85.0 Å². The van der Waals surface area contributed by atoms with E-state index in [1.165, 1.54) is 18.0 Å². The minimum absolute atomic E-state index is 0.0323. The molecule has 1 aliphatic heterocycles. The monoisotopic (exact) mass is 211 g/mol. The van der Waals surface area contributed by atoms with Crippen molar-refractivity contribution in [3.05, 3.63) is 24.2 Å². The zero-order chi connectivity index (χ0) is 9.97. The molecule has 14 heavy (non-hydrogen) atoms. The predicted octanol–water partition coefficient (Wildman–Crippen LogP) is 1.04. The Kier molecular flexibility index (Phi) is 2.58. The van der Waals surface area contributed by atoms with E-state index >= 15 is 0 Å². The molecule has 0 spiro atoms. The van der Waals surface area contributed by atoms with E-state index < -0.39 is 0 Å². The zero-order valence-electron chi connectivity index (χ0n) is 7.36. The first-order valence-corrected chi connectivity index (χ1v) is 5.27. The molecule has 0 aromatic carbocycles. The van der Waals surface area contributed by atoms with Crippen molar-refractivity contribution in [3.8, 4) is 0 Å². The molecule has 0 saturated carbocycles. The average Bonchev–Trinajstić information content (AvgIpc) is 2.77. The SMILES string of the molecule is O=C(N[C@H]1CCSC1=O)c1ccco1. The highest BCUT2D eigenvalue weighted by Crippen LogP contribution is 2.19. The van der Waals surface area contributed by atoms with Crippen LogP contribution in [0.15, 0.2) is 22.8 Å². The summed E-state index contributed by atoms with van der Waals surface area (Å²) >= 11 is 1.26. The maximum Gasteiger partial charge on any atom is 0.287 e. The summed E-state index contributed by atoms with van der Waals surface area (Å²) < 4.78 is 4.91. The lowest BCUT2D eigenvalue weighted by Crippen LogP contribution is -2.36. The van der Waals surface area contributed by atoms with E-state index in [0.717, 1.165) is 5.75 Å². The summed E-state index contributed by atoms with van der Waals surface area (Å²) in [7, 11) is 0. The Bertz CT molecular complexity index is 347. The lowest BCUT2D eigenvalue weighted by atomic mass is 10.2. The van der Waals surface area contributed by atoms with Crippen molar-refractivity contribution in [3.63, 3.8) is 0 Å². The van der Waals surface area contributed by atoms with Gasteiger partial charge in [0.1, 0.15) is 0 Å². The summed E-state index contributed by atoms with van der Waals surface area (Å²) in [5.74, 6) is 0.702. The number of hydrogen-bond donors (Lipinski definition) is 1. The van der Waals surface area contributed by atoms with Gasteiger partial charge in [0.15, 0.2) is 5.76 Å². The van der Waals surface area contributed by atoms with E-state index in [9.17, 15) is 9.59 Å². The second-order valence-electron chi connectivity index (χ2n) is 2.96. The molecular weight excluding hydrogens is 202 g/mol. The third-order valence-corrected chi connectivity index (χ3v) is 2.99. The Balaban J connectivity index is 1.98. The van der Waals surface area contributed by atoms with Crippen molar-refractivity contribution in [1.82, 2.24) is 5.32 Å². The molecule has 74 valence electrons. The molecule has 1 aliphatic rings. The van der Waals surface area contributed by atoms with Gasteiger partial charge in [-0.05, 0) is 18.6 Å². The van der Waals surface area contributed by atoms with Gasteiger partial charge in [-0.2, -0.15) is 0 Å². The second kappa shape index (κ2) is 3.88. The fraction of sp³-hybridized carbons (Fsp3) is 0.333. The highest BCUT2D eigenvalue weighted by Gasteiger charge is 2.27. The van der Waals surface area contributed by atoms with E-state index in [1.807, 2.05) is 0 Å². The van der Waals surface area contributed by atoms with Crippen molar-refractivity contribution >= 4 is 22.8 Å². The summed E-state index contributed by atoms with van der Waals surface area (Å²) in [4.78, 5) is 22.6. The molecule has 0 bridgehead atoms. The van der Waals surface area contributed by atoms with Crippen molar-refractivity contribution in [2.24, 2.45) is 0 Å². The Morgan fingerprint density at radius 2 is 2.50 bits per heavy atom. The molecule has 0 unspecified atom stereocenters. The number of thioether (sulfide) groups is 1. The summed E-state index contributed by atoms with van der Waals surface area (Å²) in [6.45, 7) is 0. The molecule has 1 N–H and O–H groups in total. The van der Waals surface area contributed by atoms with Gasteiger partial charge in [0.25, 0.3) is 5.91 Å². The molecule has 5 heteroatoms. The standard InChI is InChI=1S/C9H9NO3S/c11-8(7-2-1-4-13-7)10-6-3-5-14-9(6)12/h1-2,4,6H,3,5H2,(H,10,11)/t6-/m0/s1. The third-order valence-electron chi connectivity index (χ3n) is 1.99. The Hall–Kier alpha value is -1.23. The zero-order valence-corrected chi connectivity index (χ0v) is 8.17. The van der Waals surface area contributed by atoms with E-state index in [2.05, 4.69) is 5.32 Å². The molecule has 1 saturated heterocycles. The molecule has 0 radical (unpaired) electrons. The van der Waals surface area contributed by atoms with Crippen molar-refractivity contribution in [2.45, 2.75) is 12.5 Å². The van der Waals surface area contributed by atoms with Crippen LogP contribution in [0.5, 0.6) is 0 Å². The third kappa shape index (κ3) is 1.82. The fourth-order valence-corrected chi connectivity index (χ4v) is 2.20. The van der Waals surface area contributed by atoms with Crippen LogP contribution in [0, 0.1) is 0 Å². The maximum atomic E-state index is 11.4. The topological polar surface area (TPSA) is 59.3 Å². The maximum absolute atomic E-state index is 11.4. The Morgan fingerprint density at radius 1 is 1.64 bits per heavy atom. The predicted molar refractivity (Wildman–Crippen MR) is 52.0 cm³/mol. The minimum Gasteiger partial charge on any atom is -0.459 e. The van der Waals surface area contributed by atoms with Crippen LogP contribution in [0.2, 0.25) is 0 Å². The Morgan fingerprint density at radius 3 is 3.07 bits per heavy atom. The van der Waals surface area contributed by atoms with Crippen molar-refractivity contribution in [2.75, 3.05) is 5.75 Å². The first kappa shape index (κ1) is 9.33. The molecule has 1 amide bonds. The molecule has 2 rings (SSSR count). The molecule has 1 fully saturated rings. The van der Waals surface area contributed by atoms with Gasteiger partial charge in [-0.1, -0.05) is 11.8 Å². The molecule has 1 aromatic heterocycles. The van der Waals surface area contributed by atoms with E-state index in [-0.39, 0.29) is 22.8 Å². The van der Waals surface area contributed by atoms with Crippen LogP contribution < -0.4 is 5.32 Å². The van der Waals surface area contributed by atoms with Gasteiger partial charge in [-0.25, -0.2) is 0 Å². The van der Waals surface area contributed by atoms with E-state index in [0.29, 0.717) is 6.42 Å². The molecule has 1 aromatic rings. The van der Waals surface area contributed by atoms with Gasteiger partial charge in [-0.15, -0.1) is 0 Å². The minimum atomic E-state index is -0.349. The van der Waals surface area contributed by atoms with Gasteiger partial charge >= 0.3 is 0 Å². The van der Waals surface area contributed by atoms with Gasteiger partial charge in [0.05, 0.1) is 12.3 Å². The smallest absolute Gasteiger partial charge is 0.287 e. The van der Waals surface area contributed by atoms with E-state index in [1.54, 1.807) is 12.1 Å². The number of furan rings is 1. The number of rotatable bonds is 2. The second-order valence-corrected chi connectivity index (χ2v) is 4.06. The lowest BCUT2D eigenvalue weighted by molar-refractivity contribution is -0.112. The molecule has 0 aliphatic carbocycles. The molecule has 4 nitrogen and oxygen atoms in total. The summed E-state index contributed by atoms with van der Waals surface area (Å²) in [6.07, 6.45) is 2.14. The van der Waals surface area contributed by atoms with Crippen LogP contribution in [0.1, 0.15) is 17.0 Å². The number of nitrogens with one attached hydrogen (secondary N) is 1. The summed E-state index contributed by atoms with van der Waals surface area (Å²) in [6, 6.07) is 2.86. The molecule has 2 heterocycles. The highest BCUT2D eigenvalue weighted by molar-refractivity contribution is 8.14. The van der Waals surface area contributed by atoms with Crippen molar-refractivity contribution < 1.29 is 14.0 Å². The number of carbonyl (C=O) groups is 2.